The number of carbonyl (C=O) groups is 2. The molecular weight excluding hydrogens is 428 g/mol. The van der Waals surface area contributed by atoms with Gasteiger partial charge in [-0.05, 0) is 65.6 Å². The second-order valence-electron chi connectivity index (χ2n) is 8.04. The van der Waals surface area contributed by atoms with Gasteiger partial charge in [-0.25, -0.2) is 5.48 Å². The molecule has 0 aromatic heterocycles. The zero-order valence-corrected chi connectivity index (χ0v) is 18.6. The fraction of sp³-hybridized carbons (Fsp3) is 0.143. The van der Waals surface area contributed by atoms with E-state index in [0.29, 0.717) is 30.7 Å². The van der Waals surface area contributed by atoms with Crippen molar-refractivity contribution >= 4 is 22.6 Å². The molecule has 6 nitrogen and oxygen atoms in total. The maximum absolute atomic E-state index is 12.5. The smallest absolute Gasteiger partial charge is 0.251 e. The SMILES string of the molecule is O=C(NCCC(Cc1ccc2ccccc2c1)C(=O)NO)c1ccc(Oc2ccccc2)cc1. The van der Waals surface area contributed by atoms with Crippen LogP contribution in [0.4, 0.5) is 0 Å². The lowest BCUT2D eigenvalue weighted by Crippen LogP contribution is -2.33. The summed E-state index contributed by atoms with van der Waals surface area (Å²) in [6.45, 7) is 0.298. The Balaban J connectivity index is 1.32. The largest absolute Gasteiger partial charge is 0.457 e. The molecular formula is C28H26N2O4. The summed E-state index contributed by atoms with van der Waals surface area (Å²) in [6.07, 6.45) is 0.846. The van der Waals surface area contributed by atoms with Gasteiger partial charge in [0.25, 0.3) is 5.91 Å². The Morgan fingerprint density at radius 1 is 0.794 bits per heavy atom. The summed E-state index contributed by atoms with van der Waals surface area (Å²) in [5.74, 6) is 0.176. The third-order valence-corrected chi connectivity index (χ3v) is 5.65. The minimum absolute atomic E-state index is 0.236. The van der Waals surface area contributed by atoms with E-state index in [1.807, 2.05) is 72.8 Å². The summed E-state index contributed by atoms with van der Waals surface area (Å²) in [7, 11) is 0. The summed E-state index contributed by atoms with van der Waals surface area (Å²) in [5, 5.41) is 14.2. The van der Waals surface area contributed by atoms with Gasteiger partial charge in [-0.2, -0.15) is 0 Å². The number of para-hydroxylation sites is 1. The first-order valence-corrected chi connectivity index (χ1v) is 11.1. The van der Waals surface area contributed by atoms with Crippen LogP contribution in [0.2, 0.25) is 0 Å². The van der Waals surface area contributed by atoms with Crippen LogP contribution >= 0.6 is 0 Å². The first-order chi connectivity index (χ1) is 16.6. The molecule has 4 rings (SSSR count). The third-order valence-electron chi connectivity index (χ3n) is 5.65. The molecule has 2 amide bonds. The Hall–Kier alpha value is -4.16. The molecule has 34 heavy (non-hydrogen) atoms. The molecule has 0 heterocycles. The Bertz CT molecular complexity index is 1260. The standard InChI is InChI=1S/C28H26N2O4/c31-27(22-12-14-26(15-13-22)34-25-8-2-1-3-9-25)29-17-16-24(28(32)30-33)19-20-10-11-21-6-4-5-7-23(21)18-20/h1-15,18,24,33H,16-17,19H2,(H,29,31)(H,30,32). The van der Waals surface area contributed by atoms with Crippen molar-refractivity contribution < 1.29 is 19.5 Å². The summed E-state index contributed by atoms with van der Waals surface area (Å²) in [5.41, 5.74) is 3.24. The van der Waals surface area contributed by atoms with Crippen LogP contribution in [0.25, 0.3) is 10.8 Å². The van der Waals surface area contributed by atoms with Crippen LogP contribution in [0.15, 0.2) is 97.1 Å². The minimum Gasteiger partial charge on any atom is -0.457 e. The van der Waals surface area contributed by atoms with Gasteiger partial charge >= 0.3 is 0 Å². The molecule has 6 heteroatoms. The summed E-state index contributed by atoms with van der Waals surface area (Å²) in [6, 6.07) is 30.3. The number of carbonyl (C=O) groups excluding carboxylic acids is 2. The number of amides is 2. The van der Waals surface area contributed by atoms with Gasteiger partial charge in [0, 0.05) is 18.0 Å². The van der Waals surface area contributed by atoms with E-state index in [1.165, 1.54) is 0 Å². The number of fused-ring (bicyclic) bond motifs is 1. The van der Waals surface area contributed by atoms with Gasteiger partial charge in [-0.1, -0.05) is 60.7 Å². The second kappa shape index (κ2) is 11.1. The molecule has 0 aliphatic rings. The van der Waals surface area contributed by atoms with E-state index in [2.05, 4.69) is 5.32 Å². The minimum atomic E-state index is -0.479. The molecule has 0 bridgehead atoms. The fourth-order valence-corrected chi connectivity index (χ4v) is 3.83. The number of rotatable bonds is 9. The van der Waals surface area contributed by atoms with E-state index in [9.17, 15) is 14.8 Å². The molecule has 0 radical (unpaired) electrons. The van der Waals surface area contributed by atoms with Crippen molar-refractivity contribution in [3.8, 4) is 11.5 Å². The highest BCUT2D eigenvalue weighted by Gasteiger charge is 2.19. The van der Waals surface area contributed by atoms with E-state index in [4.69, 9.17) is 4.74 Å². The third kappa shape index (κ3) is 5.99. The Morgan fingerprint density at radius 3 is 2.21 bits per heavy atom. The highest BCUT2D eigenvalue weighted by molar-refractivity contribution is 5.94. The van der Waals surface area contributed by atoms with Crippen LogP contribution in [0.5, 0.6) is 11.5 Å². The summed E-state index contributed by atoms with van der Waals surface area (Å²) >= 11 is 0. The molecule has 0 fully saturated rings. The molecule has 0 aliphatic heterocycles. The molecule has 4 aromatic carbocycles. The van der Waals surface area contributed by atoms with Crippen molar-refractivity contribution in [2.45, 2.75) is 12.8 Å². The first-order valence-electron chi connectivity index (χ1n) is 11.1. The number of ether oxygens (including phenoxy) is 1. The van der Waals surface area contributed by atoms with Gasteiger partial charge < -0.3 is 10.1 Å². The molecule has 3 N–H and O–H groups in total. The van der Waals surface area contributed by atoms with E-state index in [0.717, 1.165) is 22.1 Å². The average molecular weight is 455 g/mol. The van der Waals surface area contributed by atoms with E-state index in [1.54, 1.807) is 29.7 Å². The van der Waals surface area contributed by atoms with Crippen molar-refractivity contribution in [1.29, 1.82) is 0 Å². The Labute approximate surface area is 198 Å². The van der Waals surface area contributed by atoms with Crippen molar-refractivity contribution in [1.82, 2.24) is 10.8 Å². The van der Waals surface area contributed by atoms with Crippen molar-refractivity contribution in [3.05, 3.63) is 108 Å². The van der Waals surface area contributed by atoms with Crippen LogP contribution in [0.3, 0.4) is 0 Å². The Kier molecular flexibility index (Phi) is 7.53. The predicted octanol–water partition coefficient (Wildman–Crippen LogP) is 5.12. The quantitative estimate of drug-likeness (QED) is 0.242. The maximum Gasteiger partial charge on any atom is 0.251 e. The molecule has 1 atom stereocenters. The van der Waals surface area contributed by atoms with Crippen LogP contribution in [-0.2, 0) is 11.2 Å². The number of hydroxylamine groups is 1. The van der Waals surface area contributed by atoms with Crippen LogP contribution < -0.4 is 15.5 Å². The van der Waals surface area contributed by atoms with Gasteiger partial charge in [0.1, 0.15) is 11.5 Å². The van der Waals surface area contributed by atoms with Gasteiger partial charge in [0.15, 0.2) is 0 Å². The molecule has 0 saturated heterocycles. The second-order valence-corrected chi connectivity index (χ2v) is 8.04. The lowest BCUT2D eigenvalue weighted by molar-refractivity contribution is -0.133. The highest BCUT2D eigenvalue weighted by Crippen LogP contribution is 2.22. The summed E-state index contributed by atoms with van der Waals surface area (Å²) < 4.78 is 5.75. The van der Waals surface area contributed by atoms with Gasteiger partial charge in [0.05, 0.1) is 0 Å². The normalized spacial score (nSPS) is 11.6. The fourth-order valence-electron chi connectivity index (χ4n) is 3.83. The lowest BCUT2D eigenvalue weighted by Gasteiger charge is -2.16. The molecule has 172 valence electrons. The van der Waals surface area contributed by atoms with Gasteiger partial charge in [-0.15, -0.1) is 0 Å². The predicted molar refractivity (Wildman–Crippen MR) is 131 cm³/mol. The number of nitrogens with one attached hydrogen (secondary N) is 2. The first kappa shape index (κ1) is 23.0. The van der Waals surface area contributed by atoms with E-state index in [-0.39, 0.29) is 5.91 Å². The van der Waals surface area contributed by atoms with Crippen LogP contribution in [0.1, 0.15) is 22.3 Å². The van der Waals surface area contributed by atoms with Crippen molar-refractivity contribution in [2.24, 2.45) is 5.92 Å². The van der Waals surface area contributed by atoms with Crippen molar-refractivity contribution in [3.63, 3.8) is 0 Å². The summed E-state index contributed by atoms with van der Waals surface area (Å²) in [4.78, 5) is 24.8. The van der Waals surface area contributed by atoms with Crippen LogP contribution in [0, 0.1) is 5.92 Å². The zero-order valence-electron chi connectivity index (χ0n) is 18.6. The molecule has 0 spiro atoms. The van der Waals surface area contributed by atoms with Crippen LogP contribution in [-0.4, -0.2) is 23.6 Å². The lowest BCUT2D eigenvalue weighted by atomic mass is 9.94. The Morgan fingerprint density at radius 2 is 1.47 bits per heavy atom. The topological polar surface area (TPSA) is 87.7 Å². The van der Waals surface area contributed by atoms with E-state index < -0.39 is 11.8 Å². The number of hydrogen-bond donors (Lipinski definition) is 3. The molecule has 0 aliphatic carbocycles. The zero-order chi connectivity index (χ0) is 23.8. The average Bonchev–Trinajstić information content (AvgIpc) is 2.88. The molecule has 0 saturated carbocycles. The molecule has 4 aromatic rings. The molecule has 1 unspecified atom stereocenters. The number of hydrogen-bond acceptors (Lipinski definition) is 4. The van der Waals surface area contributed by atoms with Crippen molar-refractivity contribution in [2.75, 3.05) is 6.54 Å². The number of benzene rings is 4. The van der Waals surface area contributed by atoms with Gasteiger partial charge in [-0.3, -0.25) is 14.8 Å². The van der Waals surface area contributed by atoms with Gasteiger partial charge in [0.2, 0.25) is 5.91 Å². The maximum atomic E-state index is 12.5. The highest BCUT2D eigenvalue weighted by atomic mass is 16.5. The monoisotopic (exact) mass is 454 g/mol. The van der Waals surface area contributed by atoms with E-state index >= 15 is 0 Å².